The Bertz CT molecular complexity index is 713. The maximum Gasteiger partial charge on any atom is 0.265 e. The molecule has 0 aliphatic carbocycles. The molecule has 0 heterocycles. The Balaban J connectivity index is 2.09. The van der Waals surface area contributed by atoms with Crippen molar-refractivity contribution in [3.8, 4) is 5.75 Å². The second-order valence-electron chi connectivity index (χ2n) is 6.17. The summed E-state index contributed by atoms with van der Waals surface area (Å²) < 4.78 is 5.93. The predicted octanol–water partition coefficient (Wildman–Crippen LogP) is 4.50. The van der Waals surface area contributed by atoms with Crippen LogP contribution in [-0.2, 0) is 4.79 Å². The number of nitrogens with two attached hydrogens (primary N) is 1. The van der Waals surface area contributed by atoms with Gasteiger partial charge in [0.1, 0.15) is 5.75 Å². The van der Waals surface area contributed by atoms with Gasteiger partial charge in [-0.05, 0) is 61.6 Å². The summed E-state index contributed by atoms with van der Waals surface area (Å²) >= 11 is 0. The zero-order valence-corrected chi connectivity index (χ0v) is 14.8. The van der Waals surface area contributed by atoms with E-state index in [1.54, 1.807) is 13.0 Å². The number of rotatable bonds is 6. The van der Waals surface area contributed by atoms with Gasteiger partial charge in [-0.25, -0.2) is 0 Å². The topological polar surface area (TPSA) is 64.3 Å². The summed E-state index contributed by atoms with van der Waals surface area (Å²) in [5.74, 6) is 0.973. The van der Waals surface area contributed by atoms with E-state index >= 15 is 0 Å². The molecule has 3 N–H and O–H groups in total. The summed E-state index contributed by atoms with van der Waals surface area (Å²) in [5, 5.41) is 2.90. The van der Waals surface area contributed by atoms with Gasteiger partial charge >= 0.3 is 0 Å². The van der Waals surface area contributed by atoms with Crippen molar-refractivity contribution >= 4 is 17.3 Å². The molecule has 4 nitrogen and oxygen atoms in total. The molecule has 0 fully saturated rings. The number of hydrogen-bond donors (Lipinski definition) is 2. The molecule has 0 aliphatic rings. The molecule has 2 aromatic rings. The number of carbonyl (C=O) groups excluding carboxylic acids is 1. The fraction of sp³-hybridized carbons (Fsp3) is 0.350. The Morgan fingerprint density at radius 1 is 1.21 bits per heavy atom. The average Bonchev–Trinajstić information content (AvgIpc) is 2.57. The summed E-state index contributed by atoms with van der Waals surface area (Å²) in [7, 11) is 0. The Kier molecular flexibility index (Phi) is 5.85. The van der Waals surface area contributed by atoms with E-state index < -0.39 is 6.10 Å². The van der Waals surface area contributed by atoms with Crippen LogP contribution in [0.15, 0.2) is 42.5 Å². The van der Waals surface area contributed by atoms with Crippen LogP contribution in [0.3, 0.4) is 0 Å². The molecule has 2 atom stereocenters. The van der Waals surface area contributed by atoms with E-state index in [4.69, 9.17) is 10.5 Å². The van der Waals surface area contributed by atoms with Gasteiger partial charge in [-0.2, -0.15) is 0 Å². The van der Waals surface area contributed by atoms with Gasteiger partial charge in [-0.3, -0.25) is 4.79 Å². The van der Waals surface area contributed by atoms with Crippen LogP contribution in [0.4, 0.5) is 11.4 Å². The minimum absolute atomic E-state index is 0.179. The number of para-hydroxylation sites is 1. The number of anilines is 2. The molecule has 1 amide bonds. The van der Waals surface area contributed by atoms with Gasteiger partial charge < -0.3 is 15.8 Å². The van der Waals surface area contributed by atoms with Crippen molar-refractivity contribution in [2.75, 3.05) is 11.1 Å². The highest BCUT2D eigenvalue weighted by atomic mass is 16.5. The van der Waals surface area contributed by atoms with Gasteiger partial charge in [0.15, 0.2) is 6.10 Å². The Morgan fingerprint density at radius 2 is 1.92 bits per heavy atom. The van der Waals surface area contributed by atoms with Crippen LogP contribution >= 0.6 is 0 Å². The largest absolute Gasteiger partial charge is 0.481 e. The predicted molar refractivity (Wildman–Crippen MR) is 99.5 cm³/mol. The molecule has 24 heavy (non-hydrogen) atoms. The van der Waals surface area contributed by atoms with Crippen LogP contribution in [0.2, 0.25) is 0 Å². The van der Waals surface area contributed by atoms with Gasteiger partial charge in [-0.15, -0.1) is 0 Å². The number of nitrogen functional groups attached to an aromatic ring is 1. The molecule has 0 radical (unpaired) electrons. The average molecular weight is 326 g/mol. The maximum absolute atomic E-state index is 12.4. The molecule has 0 saturated carbocycles. The number of amides is 1. The molecule has 0 bridgehead atoms. The quantitative estimate of drug-likeness (QED) is 0.768. The molecule has 0 spiro atoms. The van der Waals surface area contributed by atoms with E-state index in [0.29, 0.717) is 11.6 Å². The minimum atomic E-state index is -0.591. The third-order valence-electron chi connectivity index (χ3n) is 4.24. The van der Waals surface area contributed by atoms with Crippen LogP contribution in [0.5, 0.6) is 5.75 Å². The Hall–Kier alpha value is -2.49. The molecule has 0 aromatic heterocycles. The van der Waals surface area contributed by atoms with Crippen molar-refractivity contribution in [1.29, 1.82) is 0 Å². The van der Waals surface area contributed by atoms with Crippen molar-refractivity contribution in [3.05, 3.63) is 53.6 Å². The summed E-state index contributed by atoms with van der Waals surface area (Å²) in [6.07, 6.45) is 0.429. The van der Waals surface area contributed by atoms with Crippen molar-refractivity contribution in [1.82, 2.24) is 0 Å². The van der Waals surface area contributed by atoms with Crippen LogP contribution < -0.4 is 15.8 Å². The van der Waals surface area contributed by atoms with E-state index in [1.165, 1.54) is 0 Å². The molecule has 2 aromatic carbocycles. The SMILES string of the molecule is CC[C@@H](C)c1ccccc1O[C@H](C)C(=O)Nc1ccc(N)cc1C. The minimum Gasteiger partial charge on any atom is -0.481 e. The first-order valence-electron chi connectivity index (χ1n) is 8.35. The normalized spacial score (nSPS) is 13.2. The number of benzene rings is 2. The Morgan fingerprint density at radius 3 is 2.58 bits per heavy atom. The molecule has 0 unspecified atom stereocenters. The lowest BCUT2D eigenvalue weighted by molar-refractivity contribution is -0.122. The zero-order valence-electron chi connectivity index (χ0n) is 14.8. The lowest BCUT2D eigenvalue weighted by atomic mass is 9.98. The first kappa shape index (κ1) is 17.9. The van der Waals surface area contributed by atoms with Crippen molar-refractivity contribution in [2.24, 2.45) is 0 Å². The monoisotopic (exact) mass is 326 g/mol. The van der Waals surface area contributed by atoms with Crippen molar-refractivity contribution in [2.45, 2.75) is 46.1 Å². The van der Waals surface area contributed by atoms with Gasteiger partial charge in [0.25, 0.3) is 5.91 Å². The number of ether oxygens (including phenoxy) is 1. The molecule has 0 aliphatic heterocycles. The fourth-order valence-corrected chi connectivity index (χ4v) is 2.52. The first-order chi connectivity index (χ1) is 11.4. The summed E-state index contributed by atoms with van der Waals surface area (Å²) in [5.41, 5.74) is 9.22. The van der Waals surface area contributed by atoms with Crippen LogP contribution in [0.1, 0.15) is 44.2 Å². The standard InChI is InChI=1S/C20H26N2O2/c1-5-13(2)17-8-6-7-9-19(17)24-15(4)20(23)22-18-11-10-16(21)12-14(18)3/h6-13,15H,5,21H2,1-4H3,(H,22,23)/t13-,15-/m1/s1. The van der Waals surface area contributed by atoms with Gasteiger partial charge in [0, 0.05) is 11.4 Å². The lowest BCUT2D eigenvalue weighted by Crippen LogP contribution is -2.30. The number of aryl methyl sites for hydroxylation is 1. The summed E-state index contributed by atoms with van der Waals surface area (Å²) in [4.78, 5) is 12.4. The fourth-order valence-electron chi connectivity index (χ4n) is 2.52. The van der Waals surface area contributed by atoms with Crippen LogP contribution in [0, 0.1) is 6.92 Å². The maximum atomic E-state index is 12.4. The highest BCUT2D eigenvalue weighted by Crippen LogP contribution is 2.29. The second-order valence-corrected chi connectivity index (χ2v) is 6.17. The number of carbonyl (C=O) groups is 1. The molecular formula is C20H26N2O2. The zero-order chi connectivity index (χ0) is 17.7. The molecule has 2 rings (SSSR count). The van der Waals surface area contributed by atoms with E-state index in [0.717, 1.165) is 29.0 Å². The number of hydrogen-bond acceptors (Lipinski definition) is 3. The third kappa shape index (κ3) is 4.28. The first-order valence-corrected chi connectivity index (χ1v) is 8.35. The molecular weight excluding hydrogens is 300 g/mol. The van der Waals surface area contributed by atoms with E-state index in [1.807, 2.05) is 37.3 Å². The smallest absolute Gasteiger partial charge is 0.265 e. The Labute approximate surface area is 144 Å². The van der Waals surface area contributed by atoms with Crippen LogP contribution in [-0.4, -0.2) is 12.0 Å². The van der Waals surface area contributed by atoms with Gasteiger partial charge in [-0.1, -0.05) is 32.0 Å². The van der Waals surface area contributed by atoms with Crippen molar-refractivity contribution in [3.63, 3.8) is 0 Å². The van der Waals surface area contributed by atoms with Gasteiger partial charge in [0.05, 0.1) is 0 Å². The van der Waals surface area contributed by atoms with E-state index in [9.17, 15) is 4.79 Å². The third-order valence-corrected chi connectivity index (χ3v) is 4.24. The summed E-state index contributed by atoms with van der Waals surface area (Å²) in [6.45, 7) is 7.97. The highest BCUT2D eigenvalue weighted by molar-refractivity contribution is 5.95. The summed E-state index contributed by atoms with van der Waals surface area (Å²) in [6, 6.07) is 13.3. The highest BCUT2D eigenvalue weighted by Gasteiger charge is 2.18. The number of nitrogens with one attached hydrogen (secondary N) is 1. The molecule has 4 heteroatoms. The van der Waals surface area contributed by atoms with Gasteiger partial charge in [0.2, 0.25) is 0 Å². The van der Waals surface area contributed by atoms with E-state index in [-0.39, 0.29) is 5.91 Å². The second kappa shape index (κ2) is 7.86. The van der Waals surface area contributed by atoms with E-state index in [2.05, 4.69) is 25.2 Å². The lowest BCUT2D eigenvalue weighted by Gasteiger charge is -2.20. The molecule has 0 saturated heterocycles. The van der Waals surface area contributed by atoms with Crippen molar-refractivity contribution < 1.29 is 9.53 Å². The van der Waals surface area contributed by atoms with Crippen LogP contribution in [0.25, 0.3) is 0 Å². The molecule has 128 valence electrons.